The summed E-state index contributed by atoms with van der Waals surface area (Å²) >= 11 is 0. The minimum Gasteiger partial charge on any atom is -0.309 e. The third-order valence-electron chi connectivity index (χ3n) is 2.11. The molecule has 0 aromatic heterocycles. The lowest BCUT2D eigenvalue weighted by Crippen LogP contribution is -2.54. The first-order chi connectivity index (χ1) is 5.72. The lowest BCUT2D eigenvalue weighted by molar-refractivity contribution is 0.192. The molecule has 0 saturated carbocycles. The van der Waals surface area contributed by atoms with Crippen LogP contribution < -0.4 is 5.32 Å². The van der Waals surface area contributed by atoms with E-state index >= 15 is 0 Å². The molecule has 0 radical (unpaired) electrons. The minimum absolute atomic E-state index is 0.604. The van der Waals surface area contributed by atoms with Gasteiger partial charge in [-0.25, -0.2) is 0 Å². The number of hydrogen-bond donors (Lipinski definition) is 1. The van der Waals surface area contributed by atoms with Gasteiger partial charge in [0.05, 0.1) is 6.54 Å². The lowest BCUT2D eigenvalue weighted by atomic mass is 10.1. The largest absolute Gasteiger partial charge is 0.309 e. The van der Waals surface area contributed by atoms with Crippen LogP contribution in [-0.2, 0) is 0 Å². The highest BCUT2D eigenvalue weighted by molar-refractivity contribution is 4.99. The molecule has 0 aromatic carbocycles. The quantitative estimate of drug-likeness (QED) is 0.577. The monoisotopic (exact) mass is 166 g/mol. The maximum atomic E-state index is 3.50. The molecule has 12 heavy (non-hydrogen) atoms. The summed E-state index contributed by atoms with van der Waals surface area (Å²) in [5, 5.41) is 3.50. The average Bonchev–Trinajstić information content (AvgIpc) is 1.99. The Labute approximate surface area is 75.3 Å². The van der Waals surface area contributed by atoms with Crippen molar-refractivity contribution in [1.82, 2.24) is 10.2 Å². The van der Waals surface area contributed by atoms with E-state index in [0.717, 1.165) is 19.6 Å². The first kappa shape index (κ1) is 9.57. The predicted molar refractivity (Wildman–Crippen MR) is 51.9 cm³/mol. The summed E-state index contributed by atoms with van der Waals surface area (Å²) in [6.07, 6.45) is 0. The Morgan fingerprint density at radius 1 is 1.33 bits per heavy atom. The van der Waals surface area contributed by atoms with Crippen molar-refractivity contribution in [3.8, 4) is 11.8 Å². The summed E-state index contributed by atoms with van der Waals surface area (Å²) in [5.74, 6) is 6.04. The van der Waals surface area contributed by atoms with Crippen LogP contribution in [0.1, 0.15) is 20.8 Å². The van der Waals surface area contributed by atoms with E-state index in [4.69, 9.17) is 0 Å². The Morgan fingerprint density at radius 2 is 1.92 bits per heavy atom. The molecule has 0 amide bonds. The van der Waals surface area contributed by atoms with E-state index in [9.17, 15) is 0 Å². The second-order valence-electron chi connectivity index (χ2n) is 3.59. The maximum absolute atomic E-state index is 3.50. The molecule has 0 aromatic rings. The van der Waals surface area contributed by atoms with E-state index < -0.39 is 0 Å². The fourth-order valence-electron chi connectivity index (χ4n) is 1.76. The van der Waals surface area contributed by atoms with Crippen molar-refractivity contribution in [1.29, 1.82) is 0 Å². The molecule has 0 aliphatic carbocycles. The highest BCUT2D eigenvalue weighted by atomic mass is 15.2. The van der Waals surface area contributed by atoms with Crippen molar-refractivity contribution in [3.05, 3.63) is 0 Å². The molecule has 68 valence electrons. The number of rotatable bonds is 1. The molecule has 1 rings (SSSR count). The van der Waals surface area contributed by atoms with Crippen molar-refractivity contribution >= 4 is 0 Å². The fraction of sp³-hybridized carbons (Fsp3) is 0.800. The van der Waals surface area contributed by atoms with Gasteiger partial charge >= 0.3 is 0 Å². The van der Waals surface area contributed by atoms with Crippen molar-refractivity contribution in [2.45, 2.75) is 32.9 Å². The number of nitrogens with one attached hydrogen (secondary N) is 1. The number of hydrogen-bond acceptors (Lipinski definition) is 2. The normalized spacial score (nSPS) is 30.9. The molecule has 2 unspecified atom stereocenters. The second kappa shape index (κ2) is 4.49. The van der Waals surface area contributed by atoms with Crippen LogP contribution in [-0.4, -0.2) is 36.6 Å². The van der Waals surface area contributed by atoms with Crippen LogP contribution in [0, 0.1) is 11.8 Å². The zero-order valence-corrected chi connectivity index (χ0v) is 8.22. The van der Waals surface area contributed by atoms with Gasteiger partial charge in [0.15, 0.2) is 0 Å². The molecule has 1 N–H and O–H groups in total. The predicted octanol–water partition coefficient (Wildman–Crippen LogP) is 0.692. The van der Waals surface area contributed by atoms with E-state index in [1.165, 1.54) is 0 Å². The average molecular weight is 166 g/mol. The smallest absolute Gasteiger partial charge is 0.0602 e. The van der Waals surface area contributed by atoms with Crippen molar-refractivity contribution in [3.63, 3.8) is 0 Å². The molecule has 0 bridgehead atoms. The summed E-state index contributed by atoms with van der Waals surface area (Å²) in [7, 11) is 0. The second-order valence-corrected chi connectivity index (χ2v) is 3.59. The van der Waals surface area contributed by atoms with Gasteiger partial charge in [0.25, 0.3) is 0 Å². The minimum atomic E-state index is 0.604. The van der Waals surface area contributed by atoms with Crippen LogP contribution in [0.15, 0.2) is 0 Å². The summed E-state index contributed by atoms with van der Waals surface area (Å²) in [4.78, 5) is 2.41. The zero-order valence-electron chi connectivity index (χ0n) is 8.22. The molecular weight excluding hydrogens is 148 g/mol. The van der Waals surface area contributed by atoms with Gasteiger partial charge in [0, 0.05) is 25.2 Å². The number of piperazine rings is 1. The van der Waals surface area contributed by atoms with Crippen LogP contribution in [0.5, 0.6) is 0 Å². The maximum Gasteiger partial charge on any atom is 0.0602 e. The highest BCUT2D eigenvalue weighted by Crippen LogP contribution is 2.02. The van der Waals surface area contributed by atoms with Gasteiger partial charge in [-0.05, 0) is 20.8 Å². The topological polar surface area (TPSA) is 15.3 Å². The van der Waals surface area contributed by atoms with Crippen molar-refractivity contribution < 1.29 is 0 Å². The van der Waals surface area contributed by atoms with Crippen LogP contribution in [0.4, 0.5) is 0 Å². The van der Waals surface area contributed by atoms with Crippen LogP contribution >= 0.6 is 0 Å². The molecule has 2 heteroatoms. The number of nitrogens with zero attached hydrogens (tertiary/aromatic N) is 1. The Morgan fingerprint density at radius 3 is 2.42 bits per heavy atom. The molecule has 1 fully saturated rings. The highest BCUT2D eigenvalue weighted by Gasteiger charge is 2.19. The van der Waals surface area contributed by atoms with Gasteiger partial charge < -0.3 is 5.32 Å². The van der Waals surface area contributed by atoms with Crippen LogP contribution in [0.25, 0.3) is 0 Å². The summed E-state index contributed by atoms with van der Waals surface area (Å²) < 4.78 is 0. The summed E-state index contributed by atoms with van der Waals surface area (Å²) in [6, 6.07) is 1.21. The fourth-order valence-corrected chi connectivity index (χ4v) is 1.76. The third-order valence-corrected chi connectivity index (χ3v) is 2.11. The Hall–Kier alpha value is -0.520. The van der Waals surface area contributed by atoms with Gasteiger partial charge in [-0.2, -0.15) is 0 Å². The van der Waals surface area contributed by atoms with Gasteiger partial charge in [0.2, 0.25) is 0 Å². The third kappa shape index (κ3) is 2.84. The standard InChI is InChI=1S/C10H18N2/c1-4-5-6-12-7-9(2)11-10(3)8-12/h9-11H,6-8H2,1-3H3. The van der Waals surface area contributed by atoms with Crippen LogP contribution in [0.2, 0.25) is 0 Å². The summed E-state index contributed by atoms with van der Waals surface area (Å²) in [6.45, 7) is 9.52. The Bertz CT molecular complexity index is 180. The molecule has 2 atom stereocenters. The Balaban J connectivity index is 2.37. The van der Waals surface area contributed by atoms with Gasteiger partial charge in [0.1, 0.15) is 0 Å². The lowest BCUT2D eigenvalue weighted by Gasteiger charge is -2.34. The van der Waals surface area contributed by atoms with E-state index in [0.29, 0.717) is 12.1 Å². The molecule has 1 aliphatic rings. The molecule has 1 aliphatic heterocycles. The van der Waals surface area contributed by atoms with Gasteiger partial charge in [-0.3, -0.25) is 4.90 Å². The molecular formula is C10H18N2. The van der Waals surface area contributed by atoms with Crippen molar-refractivity contribution in [2.24, 2.45) is 0 Å². The summed E-state index contributed by atoms with van der Waals surface area (Å²) in [5.41, 5.74) is 0. The van der Waals surface area contributed by atoms with Crippen LogP contribution in [0.3, 0.4) is 0 Å². The first-order valence-electron chi connectivity index (χ1n) is 4.60. The van der Waals surface area contributed by atoms with E-state index in [-0.39, 0.29) is 0 Å². The molecule has 2 nitrogen and oxygen atoms in total. The molecule has 0 spiro atoms. The first-order valence-corrected chi connectivity index (χ1v) is 4.60. The van der Waals surface area contributed by atoms with Crippen molar-refractivity contribution in [2.75, 3.05) is 19.6 Å². The van der Waals surface area contributed by atoms with E-state index in [2.05, 4.69) is 35.9 Å². The van der Waals surface area contributed by atoms with E-state index in [1.807, 2.05) is 6.92 Å². The Kier molecular flexibility index (Phi) is 3.58. The molecule has 1 saturated heterocycles. The van der Waals surface area contributed by atoms with Gasteiger partial charge in [-0.15, -0.1) is 5.92 Å². The van der Waals surface area contributed by atoms with E-state index in [1.54, 1.807) is 0 Å². The zero-order chi connectivity index (χ0) is 8.97. The van der Waals surface area contributed by atoms with Gasteiger partial charge in [-0.1, -0.05) is 5.92 Å². The molecule has 1 heterocycles. The SMILES string of the molecule is CC#CCN1CC(C)NC(C)C1.